The van der Waals surface area contributed by atoms with Crippen LogP contribution in [-0.4, -0.2) is 46.1 Å². The number of fused-ring (bicyclic) bond motifs is 6. The lowest BCUT2D eigenvalue weighted by molar-refractivity contribution is 0.414. The van der Waals surface area contributed by atoms with Crippen LogP contribution in [0.2, 0.25) is 0 Å². The Labute approximate surface area is 163 Å². The average Bonchev–Trinajstić information content (AvgIpc) is 3.52. The highest BCUT2D eigenvalue weighted by atomic mass is 16.5. The van der Waals surface area contributed by atoms with Crippen molar-refractivity contribution in [3.05, 3.63) is 67.3 Å². The van der Waals surface area contributed by atoms with Crippen LogP contribution in [0, 0.1) is 0 Å². The van der Waals surface area contributed by atoms with E-state index in [2.05, 4.69) is 25.5 Å². The maximum Gasteiger partial charge on any atom is 0.192 e. The summed E-state index contributed by atoms with van der Waals surface area (Å²) in [4.78, 5) is 4.32. The van der Waals surface area contributed by atoms with Crippen LogP contribution in [0.15, 0.2) is 67.3 Å². The van der Waals surface area contributed by atoms with Gasteiger partial charge in [-0.2, -0.15) is 0 Å². The lowest BCUT2D eigenvalue weighted by Crippen LogP contribution is -1.98. The summed E-state index contributed by atoms with van der Waals surface area (Å²) in [7, 11) is 1.63. The molecule has 140 valence electrons. The quantitative estimate of drug-likeness (QED) is 0.468. The van der Waals surface area contributed by atoms with Crippen molar-refractivity contribution in [3.63, 3.8) is 0 Å². The zero-order chi connectivity index (χ0) is 19.4. The molecule has 0 spiro atoms. The van der Waals surface area contributed by atoms with E-state index in [1.54, 1.807) is 24.3 Å². The molecule has 9 nitrogen and oxygen atoms in total. The summed E-state index contributed by atoms with van der Waals surface area (Å²) < 4.78 is 11.0. The van der Waals surface area contributed by atoms with E-state index >= 15 is 0 Å². The van der Waals surface area contributed by atoms with Crippen LogP contribution in [0.25, 0.3) is 39.4 Å². The molecule has 2 aromatic carbocycles. The van der Waals surface area contributed by atoms with Gasteiger partial charge in [-0.15, -0.1) is 15.3 Å². The van der Waals surface area contributed by atoms with E-state index in [0.29, 0.717) is 11.5 Å². The summed E-state index contributed by atoms with van der Waals surface area (Å²) in [5, 5.41) is 18.4. The molecule has 4 heterocycles. The highest BCUT2D eigenvalue weighted by Crippen LogP contribution is 2.26. The van der Waals surface area contributed by atoms with Gasteiger partial charge in [0.25, 0.3) is 0 Å². The van der Waals surface area contributed by atoms with Crippen molar-refractivity contribution in [2.24, 2.45) is 0 Å². The molecule has 4 aromatic heterocycles. The van der Waals surface area contributed by atoms with Crippen molar-refractivity contribution >= 4 is 22.2 Å². The maximum atomic E-state index is 5.30. The molecule has 29 heavy (non-hydrogen) atoms. The molecule has 0 fully saturated rings. The molecule has 0 saturated heterocycles. The third kappa shape index (κ3) is 2.24. The molecule has 0 unspecified atom stereocenters. The van der Waals surface area contributed by atoms with Gasteiger partial charge in [-0.3, -0.25) is 8.80 Å². The topological polar surface area (TPSA) is 87.4 Å². The average molecular weight is 382 g/mol. The number of hydrogen-bond acceptors (Lipinski definition) is 6. The monoisotopic (exact) mass is 382 g/mol. The van der Waals surface area contributed by atoms with Gasteiger partial charge >= 0.3 is 0 Å². The molecule has 9 heteroatoms. The zero-order valence-electron chi connectivity index (χ0n) is 15.3. The summed E-state index contributed by atoms with van der Waals surface area (Å²) >= 11 is 0. The first-order valence-corrected chi connectivity index (χ1v) is 8.98. The van der Waals surface area contributed by atoms with Gasteiger partial charge in [0.05, 0.1) is 30.7 Å². The van der Waals surface area contributed by atoms with Crippen molar-refractivity contribution in [1.29, 1.82) is 0 Å². The molecule has 0 aliphatic carbocycles. The maximum absolute atomic E-state index is 5.30. The normalized spacial score (nSPS) is 11.6. The van der Waals surface area contributed by atoms with Crippen LogP contribution in [0.3, 0.4) is 0 Å². The molecule has 0 aliphatic heterocycles. The van der Waals surface area contributed by atoms with Gasteiger partial charge in [0.15, 0.2) is 17.2 Å². The third-order valence-electron chi connectivity index (χ3n) is 4.96. The Bertz CT molecular complexity index is 1510. The van der Waals surface area contributed by atoms with E-state index in [-0.39, 0.29) is 0 Å². The number of aromatic nitrogens is 8. The largest absolute Gasteiger partial charge is 0.497 e. The van der Waals surface area contributed by atoms with Crippen molar-refractivity contribution in [2.75, 3.05) is 7.11 Å². The van der Waals surface area contributed by atoms with Crippen molar-refractivity contribution in [1.82, 2.24) is 39.0 Å². The van der Waals surface area contributed by atoms with Crippen molar-refractivity contribution < 1.29 is 4.74 Å². The first kappa shape index (κ1) is 15.8. The fraction of sp³-hybridized carbons (Fsp3) is 0.0500. The van der Waals surface area contributed by atoms with Crippen LogP contribution in [0.5, 0.6) is 5.75 Å². The Morgan fingerprint density at radius 2 is 1.90 bits per heavy atom. The molecule has 0 radical (unpaired) electrons. The van der Waals surface area contributed by atoms with Gasteiger partial charge in [0.1, 0.15) is 17.7 Å². The summed E-state index contributed by atoms with van der Waals surface area (Å²) in [5.74, 6) is 1.35. The summed E-state index contributed by atoms with van der Waals surface area (Å²) in [6.45, 7) is 0. The van der Waals surface area contributed by atoms with E-state index in [0.717, 1.165) is 33.6 Å². The number of benzene rings is 2. The Morgan fingerprint density at radius 1 is 0.966 bits per heavy atom. The Morgan fingerprint density at radius 3 is 2.83 bits per heavy atom. The molecule has 0 atom stereocenters. The second-order valence-corrected chi connectivity index (χ2v) is 6.57. The van der Waals surface area contributed by atoms with E-state index in [1.165, 1.54) is 0 Å². The van der Waals surface area contributed by atoms with Gasteiger partial charge in [-0.25, -0.2) is 9.67 Å². The minimum Gasteiger partial charge on any atom is -0.497 e. The Balaban J connectivity index is 1.59. The fourth-order valence-corrected chi connectivity index (χ4v) is 3.60. The van der Waals surface area contributed by atoms with Gasteiger partial charge < -0.3 is 4.74 Å². The van der Waals surface area contributed by atoms with Gasteiger partial charge in [0, 0.05) is 11.5 Å². The van der Waals surface area contributed by atoms with Crippen LogP contribution in [0.4, 0.5) is 0 Å². The van der Waals surface area contributed by atoms with E-state index in [9.17, 15) is 0 Å². The van der Waals surface area contributed by atoms with Crippen LogP contribution >= 0.6 is 0 Å². The second-order valence-electron chi connectivity index (χ2n) is 6.57. The minimum absolute atomic E-state index is 0.602. The summed E-state index contributed by atoms with van der Waals surface area (Å²) in [6, 6.07) is 15.7. The molecule has 0 bridgehead atoms. The Kier molecular flexibility index (Phi) is 3.19. The third-order valence-corrected chi connectivity index (χ3v) is 4.96. The van der Waals surface area contributed by atoms with Crippen LogP contribution in [-0.2, 0) is 0 Å². The molecule has 0 amide bonds. The SMILES string of the molecule is COc1cccc(-n2cc(-c3nnc4c5ccccc5n5cncc5n34)nn2)c1. The smallest absolute Gasteiger partial charge is 0.192 e. The van der Waals surface area contributed by atoms with Crippen LogP contribution in [0.1, 0.15) is 0 Å². The number of rotatable bonds is 3. The van der Waals surface area contributed by atoms with E-state index in [1.807, 2.05) is 63.5 Å². The van der Waals surface area contributed by atoms with Crippen molar-refractivity contribution in [2.45, 2.75) is 0 Å². The number of methoxy groups -OCH3 is 1. The Hall–Kier alpha value is -4.27. The molecular formula is C20H14N8O. The molecular weight excluding hydrogens is 368 g/mol. The first-order chi connectivity index (χ1) is 14.3. The molecule has 6 aromatic rings. The lowest BCUT2D eigenvalue weighted by Gasteiger charge is -2.06. The highest BCUT2D eigenvalue weighted by Gasteiger charge is 2.18. The lowest BCUT2D eigenvalue weighted by atomic mass is 10.2. The number of hydrogen-bond donors (Lipinski definition) is 0. The summed E-state index contributed by atoms with van der Waals surface area (Å²) in [5.41, 5.74) is 4.08. The van der Waals surface area contributed by atoms with Gasteiger partial charge in [-0.05, 0) is 24.3 Å². The van der Waals surface area contributed by atoms with E-state index in [4.69, 9.17) is 4.74 Å². The zero-order valence-corrected chi connectivity index (χ0v) is 15.3. The first-order valence-electron chi connectivity index (χ1n) is 8.98. The standard InChI is InChI=1S/C20H14N8O/c1-29-14-6-4-5-13(9-14)27-11-16(22-25-27)20-24-23-19-15-7-2-3-8-17(15)26-12-21-10-18(26)28(19)20/h2-12H,1H3. The number of nitrogens with zero attached hydrogens (tertiary/aromatic N) is 8. The predicted octanol–water partition coefficient (Wildman–Crippen LogP) is 2.79. The number of ether oxygens (including phenoxy) is 1. The highest BCUT2D eigenvalue weighted by molar-refractivity contribution is 5.94. The predicted molar refractivity (Wildman–Crippen MR) is 106 cm³/mol. The molecule has 0 N–H and O–H groups in total. The number of para-hydroxylation sites is 1. The van der Waals surface area contributed by atoms with Crippen LogP contribution < -0.4 is 4.74 Å². The molecule has 0 saturated carbocycles. The fourth-order valence-electron chi connectivity index (χ4n) is 3.60. The van der Waals surface area contributed by atoms with E-state index < -0.39 is 0 Å². The molecule has 0 aliphatic rings. The minimum atomic E-state index is 0.602. The number of imidazole rings is 1. The summed E-state index contributed by atoms with van der Waals surface area (Å²) in [6.07, 6.45) is 5.40. The van der Waals surface area contributed by atoms with Gasteiger partial charge in [-0.1, -0.05) is 23.4 Å². The molecule has 6 rings (SSSR count). The van der Waals surface area contributed by atoms with Crippen molar-refractivity contribution in [3.8, 4) is 23.0 Å². The van der Waals surface area contributed by atoms with Gasteiger partial charge in [0.2, 0.25) is 0 Å². The second kappa shape index (κ2) is 5.86.